The zero-order chi connectivity index (χ0) is 19.8. The van der Waals surface area contributed by atoms with Gasteiger partial charge in [-0.05, 0) is 62.1 Å². The summed E-state index contributed by atoms with van der Waals surface area (Å²) in [6.07, 6.45) is 2.76. The van der Waals surface area contributed by atoms with E-state index in [1.54, 1.807) is 12.1 Å². The Bertz CT molecular complexity index is 1000. The maximum absolute atomic E-state index is 14.7. The molecule has 0 bridgehead atoms. The summed E-state index contributed by atoms with van der Waals surface area (Å²) in [5.74, 6) is -2.45. The predicted molar refractivity (Wildman–Crippen MR) is 101 cm³/mol. The van der Waals surface area contributed by atoms with Crippen molar-refractivity contribution in [1.29, 1.82) is 0 Å². The van der Waals surface area contributed by atoms with Crippen molar-refractivity contribution < 1.29 is 23.5 Å². The maximum atomic E-state index is 14.7. The Kier molecular flexibility index (Phi) is 4.73. The monoisotopic (exact) mass is 399 g/mol. The number of rotatable bonds is 3. The van der Waals surface area contributed by atoms with Gasteiger partial charge in [0.15, 0.2) is 5.82 Å². The first kappa shape index (κ1) is 18.4. The Morgan fingerprint density at radius 2 is 1.57 bits per heavy atom. The normalized spacial score (nSPS) is 16.4. The molecule has 2 aliphatic rings. The van der Waals surface area contributed by atoms with Gasteiger partial charge in [-0.2, -0.15) is 0 Å². The summed E-state index contributed by atoms with van der Waals surface area (Å²) >= 11 is 5.78. The van der Waals surface area contributed by atoms with Crippen LogP contribution in [0.1, 0.15) is 36.0 Å². The fraction of sp³-hybridized carbons (Fsp3) is 0.190. The van der Waals surface area contributed by atoms with Gasteiger partial charge >= 0.3 is 5.97 Å². The molecule has 2 amide bonds. The molecule has 0 aromatic heterocycles. The summed E-state index contributed by atoms with van der Waals surface area (Å²) in [7, 11) is 0. The molecule has 0 N–H and O–H groups in total. The fourth-order valence-electron chi connectivity index (χ4n) is 3.44. The largest absolute Gasteiger partial charge is 0.423 e. The second kappa shape index (κ2) is 7.20. The van der Waals surface area contributed by atoms with Gasteiger partial charge in [-0.3, -0.25) is 9.59 Å². The van der Waals surface area contributed by atoms with Crippen LogP contribution in [-0.2, 0) is 9.59 Å². The molecule has 1 aliphatic heterocycles. The van der Waals surface area contributed by atoms with Gasteiger partial charge in [0.1, 0.15) is 5.75 Å². The molecule has 0 atom stereocenters. The van der Waals surface area contributed by atoms with Crippen LogP contribution in [-0.4, -0.2) is 17.8 Å². The molecule has 5 nitrogen and oxygen atoms in total. The molecular weight excluding hydrogens is 385 g/mol. The first-order chi connectivity index (χ1) is 13.5. The molecule has 0 saturated carbocycles. The van der Waals surface area contributed by atoms with Crippen LogP contribution >= 0.6 is 11.6 Å². The van der Waals surface area contributed by atoms with Crippen molar-refractivity contribution in [2.45, 2.75) is 25.7 Å². The first-order valence-electron chi connectivity index (χ1n) is 8.84. The van der Waals surface area contributed by atoms with Crippen LogP contribution in [0.2, 0.25) is 5.02 Å². The minimum absolute atomic E-state index is 0.0296. The van der Waals surface area contributed by atoms with E-state index in [1.165, 1.54) is 24.3 Å². The van der Waals surface area contributed by atoms with Crippen LogP contribution in [0.3, 0.4) is 0 Å². The van der Waals surface area contributed by atoms with E-state index in [0.717, 1.165) is 23.8 Å². The molecule has 28 heavy (non-hydrogen) atoms. The topological polar surface area (TPSA) is 63.7 Å². The smallest absolute Gasteiger partial charge is 0.343 e. The zero-order valence-electron chi connectivity index (χ0n) is 14.7. The summed E-state index contributed by atoms with van der Waals surface area (Å²) in [6.45, 7) is 0. The molecule has 0 radical (unpaired) electrons. The van der Waals surface area contributed by atoms with Gasteiger partial charge in [0.25, 0.3) is 11.8 Å². The van der Waals surface area contributed by atoms with Crippen molar-refractivity contribution in [3.63, 3.8) is 0 Å². The summed E-state index contributed by atoms with van der Waals surface area (Å²) in [6, 6.07) is 9.68. The number of hydrogen-bond acceptors (Lipinski definition) is 4. The van der Waals surface area contributed by atoms with E-state index in [-0.39, 0.29) is 17.0 Å². The standard InChI is InChI=1S/C21H15ClFNO4/c22-13-7-5-12(6-8-13)21(27)28-14-9-10-18(17(23)11-14)24-19(25)15-3-1-2-4-16(15)20(24)26/h5-11H,1-4H2. The number of nitrogens with zero attached hydrogens (tertiary/aromatic N) is 1. The van der Waals surface area contributed by atoms with Crippen molar-refractivity contribution in [3.8, 4) is 5.75 Å². The van der Waals surface area contributed by atoms with Crippen LogP contribution in [0, 0.1) is 5.82 Å². The predicted octanol–water partition coefficient (Wildman–Crippen LogP) is 4.44. The molecule has 2 aromatic carbocycles. The first-order valence-corrected chi connectivity index (χ1v) is 9.21. The highest BCUT2D eigenvalue weighted by atomic mass is 35.5. The average Bonchev–Trinajstić information content (AvgIpc) is 2.94. The van der Waals surface area contributed by atoms with E-state index in [9.17, 15) is 18.8 Å². The van der Waals surface area contributed by atoms with Crippen molar-refractivity contribution in [3.05, 3.63) is 70.0 Å². The lowest BCUT2D eigenvalue weighted by molar-refractivity contribution is -0.120. The molecule has 1 aliphatic carbocycles. The minimum Gasteiger partial charge on any atom is -0.423 e. The number of halogens is 2. The number of imide groups is 1. The van der Waals surface area contributed by atoms with Gasteiger partial charge in [0.2, 0.25) is 0 Å². The molecule has 0 fully saturated rings. The number of carbonyl (C=O) groups excluding carboxylic acids is 3. The van der Waals surface area contributed by atoms with Crippen LogP contribution in [0.15, 0.2) is 53.6 Å². The van der Waals surface area contributed by atoms with Crippen LogP contribution in [0.4, 0.5) is 10.1 Å². The van der Waals surface area contributed by atoms with Gasteiger partial charge in [0, 0.05) is 22.2 Å². The van der Waals surface area contributed by atoms with Crippen LogP contribution in [0.5, 0.6) is 5.75 Å². The molecule has 0 saturated heterocycles. The van der Waals surface area contributed by atoms with Crippen LogP contribution in [0.25, 0.3) is 0 Å². The number of esters is 1. The molecular formula is C21H15ClFNO4. The Hall–Kier alpha value is -2.99. The van der Waals surface area contributed by atoms with Crippen molar-refractivity contribution in [2.24, 2.45) is 0 Å². The van der Waals surface area contributed by atoms with Crippen LogP contribution < -0.4 is 9.64 Å². The Balaban J connectivity index is 1.55. The van der Waals surface area contributed by atoms with E-state index in [1.807, 2.05) is 0 Å². The quantitative estimate of drug-likeness (QED) is 0.435. The number of anilines is 1. The Morgan fingerprint density at radius 1 is 0.964 bits per heavy atom. The molecule has 0 unspecified atom stereocenters. The third-order valence-electron chi connectivity index (χ3n) is 4.84. The number of amides is 2. The van der Waals surface area contributed by atoms with E-state index >= 15 is 0 Å². The number of carbonyl (C=O) groups is 3. The fourth-order valence-corrected chi connectivity index (χ4v) is 3.57. The molecule has 4 rings (SSSR count). The highest BCUT2D eigenvalue weighted by molar-refractivity contribution is 6.33. The lowest BCUT2D eigenvalue weighted by Gasteiger charge is -2.16. The third-order valence-corrected chi connectivity index (χ3v) is 5.09. The van der Waals surface area contributed by atoms with Gasteiger partial charge in [-0.1, -0.05) is 11.6 Å². The van der Waals surface area contributed by atoms with Gasteiger partial charge in [-0.15, -0.1) is 0 Å². The highest BCUT2D eigenvalue weighted by Gasteiger charge is 2.40. The summed E-state index contributed by atoms with van der Waals surface area (Å²) in [4.78, 5) is 38.1. The lowest BCUT2D eigenvalue weighted by Crippen LogP contribution is -2.32. The van der Waals surface area contributed by atoms with E-state index < -0.39 is 23.6 Å². The highest BCUT2D eigenvalue weighted by Crippen LogP contribution is 2.37. The number of benzene rings is 2. The molecule has 0 spiro atoms. The second-order valence-electron chi connectivity index (χ2n) is 6.62. The van der Waals surface area contributed by atoms with Crippen molar-refractivity contribution in [2.75, 3.05) is 4.90 Å². The van der Waals surface area contributed by atoms with E-state index in [4.69, 9.17) is 16.3 Å². The SMILES string of the molecule is O=C(Oc1ccc(N2C(=O)C3=C(CCCC3)C2=O)c(F)c1)c1ccc(Cl)cc1. The number of ether oxygens (including phenoxy) is 1. The van der Waals surface area contributed by atoms with E-state index in [0.29, 0.717) is 29.0 Å². The molecule has 142 valence electrons. The van der Waals surface area contributed by atoms with Crippen molar-refractivity contribution in [1.82, 2.24) is 0 Å². The molecule has 1 heterocycles. The van der Waals surface area contributed by atoms with Gasteiger partial charge in [-0.25, -0.2) is 14.1 Å². The van der Waals surface area contributed by atoms with E-state index in [2.05, 4.69) is 0 Å². The van der Waals surface area contributed by atoms with Crippen molar-refractivity contribution >= 4 is 35.1 Å². The summed E-state index contributed by atoms with van der Waals surface area (Å²) in [5.41, 5.74) is 1.08. The molecule has 7 heteroatoms. The third kappa shape index (κ3) is 3.20. The average molecular weight is 400 g/mol. The minimum atomic E-state index is -0.817. The van der Waals surface area contributed by atoms with Gasteiger partial charge in [0.05, 0.1) is 11.3 Å². The summed E-state index contributed by atoms with van der Waals surface area (Å²) < 4.78 is 19.8. The number of hydrogen-bond donors (Lipinski definition) is 0. The van der Waals surface area contributed by atoms with Gasteiger partial charge < -0.3 is 4.74 Å². The lowest BCUT2D eigenvalue weighted by atomic mass is 9.93. The Labute approximate surface area is 165 Å². The maximum Gasteiger partial charge on any atom is 0.343 e. The second-order valence-corrected chi connectivity index (χ2v) is 7.06. The zero-order valence-corrected chi connectivity index (χ0v) is 15.5. The Morgan fingerprint density at radius 3 is 2.14 bits per heavy atom. The molecule has 2 aromatic rings. The summed E-state index contributed by atoms with van der Waals surface area (Å²) in [5, 5.41) is 0.475.